The van der Waals surface area contributed by atoms with Crippen LogP contribution >= 0.6 is 11.6 Å². The fourth-order valence-corrected chi connectivity index (χ4v) is 3.12. The SMILES string of the molecule is COc1c(C)cc(Cl)cc1-c1cc2cc(C)ccn2c1C=O. The van der Waals surface area contributed by atoms with Crippen LogP contribution in [0.15, 0.2) is 36.5 Å². The molecule has 0 N–H and O–H groups in total. The predicted molar refractivity (Wildman–Crippen MR) is 89.3 cm³/mol. The zero-order valence-electron chi connectivity index (χ0n) is 12.7. The Morgan fingerprint density at radius 3 is 2.59 bits per heavy atom. The van der Waals surface area contributed by atoms with E-state index in [1.807, 2.05) is 54.8 Å². The number of carbonyl (C=O) groups excluding carboxylic acids is 1. The van der Waals surface area contributed by atoms with E-state index < -0.39 is 0 Å². The first-order valence-electron chi connectivity index (χ1n) is 6.96. The Labute approximate surface area is 134 Å². The molecule has 1 aromatic carbocycles. The van der Waals surface area contributed by atoms with Gasteiger partial charge >= 0.3 is 0 Å². The summed E-state index contributed by atoms with van der Waals surface area (Å²) in [5, 5.41) is 0.622. The van der Waals surface area contributed by atoms with Crippen molar-refractivity contribution >= 4 is 23.4 Å². The van der Waals surface area contributed by atoms with Crippen LogP contribution in [-0.4, -0.2) is 17.8 Å². The summed E-state index contributed by atoms with van der Waals surface area (Å²) in [6.45, 7) is 3.96. The van der Waals surface area contributed by atoms with Crippen molar-refractivity contribution in [2.75, 3.05) is 7.11 Å². The van der Waals surface area contributed by atoms with Crippen molar-refractivity contribution in [3.05, 3.63) is 58.4 Å². The number of hydrogen-bond donors (Lipinski definition) is 0. The van der Waals surface area contributed by atoms with Gasteiger partial charge < -0.3 is 9.14 Å². The number of benzene rings is 1. The van der Waals surface area contributed by atoms with Crippen LogP contribution in [0.4, 0.5) is 0 Å². The number of ether oxygens (including phenoxy) is 1. The second-order valence-corrected chi connectivity index (χ2v) is 5.80. The third kappa shape index (κ3) is 2.28. The summed E-state index contributed by atoms with van der Waals surface area (Å²) in [6.07, 6.45) is 2.77. The van der Waals surface area contributed by atoms with Gasteiger partial charge in [-0.15, -0.1) is 0 Å². The van der Waals surface area contributed by atoms with Crippen molar-refractivity contribution in [2.45, 2.75) is 13.8 Å². The lowest BCUT2D eigenvalue weighted by Crippen LogP contribution is -1.95. The van der Waals surface area contributed by atoms with Crippen LogP contribution in [0.2, 0.25) is 5.02 Å². The second-order valence-electron chi connectivity index (χ2n) is 5.36. The molecule has 0 aliphatic rings. The molecule has 0 spiro atoms. The van der Waals surface area contributed by atoms with E-state index in [4.69, 9.17) is 16.3 Å². The van der Waals surface area contributed by atoms with Crippen LogP contribution in [0.3, 0.4) is 0 Å². The number of aryl methyl sites for hydroxylation is 2. The number of methoxy groups -OCH3 is 1. The molecule has 0 saturated carbocycles. The molecule has 0 bridgehead atoms. The van der Waals surface area contributed by atoms with Gasteiger partial charge in [0.1, 0.15) is 5.75 Å². The summed E-state index contributed by atoms with van der Waals surface area (Å²) in [6, 6.07) is 9.70. The standard InChI is InChI=1S/C18H16ClNO2/c1-11-4-5-20-14(6-11)9-15(17(20)10-21)16-8-13(19)7-12(2)18(16)22-3/h4-10H,1-3H3. The predicted octanol–water partition coefficient (Wildman–Crippen LogP) is 4.70. The highest BCUT2D eigenvalue weighted by Crippen LogP contribution is 2.38. The van der Waals surface area contributed by atoms with Crippen LogP contribution in [0.1, 0.15) is 21.6 Å². The Kier molecular flexibility index (Phi) is 3.67. The summed E-state index contributed by atoms with van der Waals surface area (Å²) >= 11 is 6.20. The van der Waals surface area contributed by atoms with E-state index in [9.17, 15) is 4.79 Å². The lowest BCUT2D eigenvalue weighted by Gasteiger charge is -2.12. The molecular weight excluding hydrogens is 298 g/mol. The molecule has 0 aliphatic carbocycles. The maximum Gasteiger partial charge on any atom is 0.167 e. The van der Waals surface area contributed by atoms with Gasteiger partial charge in [0.15, 0.2) is 6.29 Å². The van der Waals surface area contributed by atoms with Crippen molar-refractivity contribution < 1.29 is 9.53 Å². The zero-order valence-corrected chi connectivity index (χ0v) is 13.4. The molecule has 22 heavy (non-hydrogen) atoms. The molecule has 2 aromatic heterocycles. The number of nitrogens with zero attached hydrogens (tertiary/aromatic N) is 1. The van der Waals surface area contributed by atoms with Crippen LogP contribution in [-0.2, 0) is 0 Å². The van der Waals surface area contributed by atoms with Gasteiger partial charge in [0.25, 0.3) is 0 Å². The molecular formula is C18H16ClNO2. The van der Waals surface area contributed by atoms with Gasteiger partial charge in [0.05, 0.1) is 12.8 Å². The van der Waals surface area contributed by atoms with Crippen molar-refractivity contribution in [1.82, 2.24) is 4.40 Å². The number of aldehydes is 1. The molecule has 0 radical (unpaired) electrons. The van der Waals surface area contributed by atoms with E-state index in [1.54, 1.807) is 7.11 Å². The van der Waals surface area contributed by atoms with Gasteiger partial charge in [-0.05, 0) is 55.3 Å². The zero-order chi connectivity index (χ0) is 15.9. The Balaban J connectivity index is 2.37. The fourth-order valence-electron chi connectivity index (χ4n) is 2.85. The van der Waals surface area contributed by atoms with Crippen molar-refractivity contribution in [1.29, 1.82) is 0 Å². The van der Waals surface area contributed by atoms with Gasteiger partial charge in [-0.1, -0.05) is 11.6 Å². The first-order chi connectivity index (χ1) is 10.5. The highest BCUT2D eigenvalue weighted by Gasteiger charge is 2.17. The van der Waals surface area contributed by atoms with Gasteiger partial charge in [-0.3, -0.25) is 4.79 Å². The van der Waals surface area contributed by atoms with Gasteiger partial charge in [0.2, 0.25) is 0 Å². The number of hydrogen-bond acceptors (Lipinski definition) is 2. The summed E-state index contributed by atoms with van der Waals surface area (Å²) in [7, 11) is 1.63. The normalized spacial score (nSPS) is 10.9. The largest absolute Gasteiger partial charge is 0.496 e. The molecule has 3 aromatic rings. The monoisotopic (exact) mass is 313 g/mol. The van der Waals surface area contributed by atoms with Crippen molar-refractivity contribution in [3.63, 3.8) is 0 Å². The van der Waals surface area contributed by atoms with Crippen LogP contribution in [0.25, 0.3) is 16.6 Å². The second kappa shape index (κ2) is 5.50. The summed E-state index contributed by atoms with van der Waals surface area (Å²) in [5.41, 5.74) is 5.29. The van der Waals surface area contributed by atoms with E-state index in [0.29, 0.717) is 10.7 Å². The number of aromatic nitrogens is 1. The molecule has 0 aliphatic heterocycles. The minimum absolute atomic E-state index is 0.593. The maximum atomic E-state index is 11.6. The Hall–Kier alpha value is -2.26. The van der Waals surface area contributed by atoms with E-state index in [0.717, 1.165) is 39.8 Å². The van der Waals surface area contributed by atoms with Crippen LogP contribution in [0.5, 0.6) is 5.75 Å². The number of halogens is 1. The molecule has 0 unspecified atom stereocenters. The molecule has 0 saturated heterocycles. The van der Waals surface area contributed by atoms with E-state index in [1.165, 1.54) is 0 Å². The van der Waals surface area contributed by atoms with Gasteiger partial charge in [-0.2, -0.15) is 0 Å². The van der Waals surface area contributed by atoms with E-state index in [-0.39, 0.29) is 0 Å². The first-order valence-corrected chi connectivity index (χ1v) is 7.34. The average molecular weight is 314 g/mol. The lowest BCUT2D eigenvalue weighted by atomic mass is 10.0. The molecule has 0 amide bonds. The molecule has 3 nitrogen and oxygen atoms in total. The first kappa shape index (κ1) is 14.7. The van der Waals surface area contributed by atoms with Gasteiger partial charge in [0, 0.05) is 27.9 Å². The third-order valence-electron chi connectivity index (χ3n) is 3.81. The highest BCUT2D eigenvalue weighted by molar-refractivity contribution is 6.31. The fraction of sp³-hybridized carbons (Fsp3) is 0.167. The lowest BCUT2D eigenvalue weighted by molar-refractivity contribution is 0.111. The number of rotatable bonds is 3. The van der Waals surface area contributed by atoms with Crippen LogP contribution < -0.4 is 4.74 Å². The topological polar surface area (TPSA) is 30.7 Å². The highest BCUT2D eigenvalue weighted by atomic mass is 35.5. The molecule has 4 heteroatoms. The van der Waals surface area contributed by atoms with Crippen molar-refractivity contribution in [2.24, 2.45) is 0 Å². The number of pyridine rings is 1. The quantitative estimate of drug-likeness (QED) is 0.656. The molecule has 0 fully saturated rings. The maximum absolute atomic E-state index is 11.6. The summed E-state index contributed by atoms with van der Waals surface area (Å²) in [5.74, 6) is 0.736. The molecule has 2 heterocycles. The molecule has 3 rings (SSSR count). The molecule has 0 atom stereocenters. The van der Waals surface area contributed by atoms with E-state index in [2.05, 4.69) is 0 Å². The van der Waals surface area contributed by atoms with E-state index >= 15 is 0 Å². The Morgan fingerprint density at radius 1 is 1.14 bits per heavy atom. The Bertz CT molecular complexity index is 880. The van der Waals surface area contributed by atoms with Gasteiger partial charge in [-0.25, -0.2) is 0 Å². The third-order valence-corrected chi connectivity index (χ3v) is 4.03. The average Bonchev–Trinajstić information content (AvgIpc) is 2.83. The summed E-state index contributed by atoms with van der Waals surface area (Å²) in [4.78, 5) is 11.6. The van der Waals surface area contributed by atoms with Crippen molar-refractivity contribution in [3.8, 4) is 16.9 Å². The minimum atomic E-state index is 0.593. The minimum Gasteiger partial charge on any atom is -0.496 e. The smallest absolute Gasteiger partial charge is 0.167 e. The summed E-state index contributed by atoms with van der Waals surface area (Å²) < 4.78 is 7.40. The number of fused-ring (bicyclic) bond motifs is 1. The number of carbonyl (C=O) groups is 1. The Morgan fingerprint density at radius 2 is 1.91 bits per heavy atom. The molecule has 112 valence electrons. The van der Waals surface area contributed by atoms with Crippen LogP contribution in [0, 0.1) is 13.8 Å².